The Labute approximate surface area is 149 Å². The van der Waals surface area contributed by atoms with E-state index in [9.17, 15) is 18.0 Å². The van der Waals surface area contributed by atoms with E-state index in [1.54, 1.807) is 0 Å². The molecule has 136 valence electrons. The van der Waals surface area contributed by atoms with Gasteiger partial charge in [-0.15, -0.1) is 0 Å². The molecule has 1 saturated carbocycles. The van der Waals surface area contributed by atoms with Crippen molar-refractivity contribution in [3.8, 4) is 0 Å². The lowest BCUT2D eigenvalue weighted by atomic mass is 10.0. The van der Waals surface area contributed by atoms with Crippen LogP contribution in [-0.2, 0) is 11.0 Å². The van der Waals surface area contributed by atoms with Crippen molar-refractivity contribution in [3.05, 3.63) is 40.4 Å². The van der Waals surface area contributed by atoms with Crippen LogP contribution in [0.5, 0.6) is 0 Å². The van der Waals surface area contributed by atoms with Crippen LogP contribution in [0.4, 0.5) is 13.2 Å². The number of hydrogen-bond acceptors (Lipinski definition) is 2. The summed E-state index contributed by atoms with van der Waals surface area (Å²) in [6, 6.07) is 4.46. The molecule has 0 spiro atoms. The molecule has 0 unspecified atom stereocenters. The highest BCUT2D eigenvalue weighted by Crippen LogP contribution is 2.35. The summed E-state index contributed by atoms with van der Waals surface area (Å²) < 4.78 is 38.5. The second kappa shape index (κ2) is 7.38. The molecule has 1 aromatic rings. The smallest absolute Gasteiger partial charge is 0.350 e. The summed E-state index contributed by atoms with van der Waals surface area (Å²) in [4.78, 5) is 14.5. The minimum absolute atomic E-state index is 0.128. The van der Waals surface area contributed by atoms with Gasteiger partial charge in [0.05, 0.1) is 10.6 Å². The third-order valence-corrected chi connectivity index (χ3v) is 4.99. The van der Waals surface area contributed by atoms with E-state index in [-0.39, 0.29) is 22.5 Å². The largest absolute Gasteiger partial charge is 0.417 e. The van der Waals surface area contributed by atoms with Gasteiger partial charge in [-0.2, -0.15) is 13.2 Å². The SMILES string of the molecule is O=C(/C=C/c1ccc(Cl)c(C(F)(F)F)c1)NC1CCN(C2CC2)CC1. The molecule has 25 heavy (non-hydrogen) atoms. The summed E-state index contributed by atoms with van der Waals surface area (Å²) in [5.74, 6) is -0.284. The molecular formula is C18H20ClF3N2O. The Morgan fingerprint density at radius 3 is 2.48 bits per heavy atom. The molecule has 3 rings (SSSR count). The molecule has 2 fully saturated rings. The van der Waals surface area contributed by atoms with Gasteiger partial charge in [-0.05, 0) is 49.5 Å². The number of carbonyl (C=O) groups excluding carboxylic acids is 1. The van der Waals surface area contributed by atoms with Gasteiger partial charge in [-0.1, -0.05) is 17.7 Å². The number of benzene rings is 1. The van der Waals surface area contributed by atoms with Crippen LogP contribution in [0.15, 0.2) is 24.3 Å². The Hall–Kier alpha value is -1.53. The first-order valence-corrected chi connectivity index (χ1v) is 8.80. The van der Waals surface area contributed by atoms with Gasteiger partial charge < -0.3 is 10.2 Å². The number of piperidine rings is 1. The number of nitrogens with zero attached hydrogens (tertiary/aromatic N) is 1. The first kappa shape index (κ1) is 18.3. The number of alkyl halides is 3. The number of nitrogens with one attached hydrogen (secondary N) is 1. The van der Waals surface area contributed by atoms with E-state index in [4.69, 9.17) is 11.6 Å². The Kier molecular flexibility index (Phi) is 5.39. The second-order valence-corrected chi connectivity index (χ2v) is 7.03. The van der Waals surface area contributed by atoms with E-state index in [0.29, 0.717) is 0 Å². The Balaban J connectivity index is 1.54. The zero-order valence-corrected chi connectivity index (χ0v) is 14.4. The zero-order chi connectivity index (χ0) is 18.0. The van der Waals surface area contributed by atoms with Crippen molar-refractivity contribution < 1.29 is 18.0 Å². The maximum atomic E-state index is 12.8. The maximum absolute atomic E-state index is 12.8. The van der Waals surface area contributed by atoms with Crippen molar-refractivity contribution in [1.82, 2.24) is 10.2 Å². The number of amides is 1. The molecule has 1 heterocycles. The van der Waals surface area contributed by atoms with E-state index < -0.39 is 11.7 Å². The molecule has 7 heteroatoms. The molecule has 1 N–H and O–H groups in total. The standard InChI is InChI=1S/C18H20ClF3N2O/c19-16-5-1-12(11-15(16)18(20,21)22)2-6-17(25)23-13-7-9-24(10-8-13)14-3-4-14/h1-2,5-6,11,13-14H,3-4,7-10H2,(H,23,25)/b6-2+. The van der Waals surface area contributed by atoms with Gasteiger partial charge in [0.15, 0.2) is 0 Å². The molecule has 1 aromatic carbocycles. The van der Waals surface area contributed by atoms with Crippen molar-refractivity contribution in [1.29, 1.82) is 0 Å². The molecule has 1 aliphatic heterocycles. The lowest BCUT2D eigenvalue weighted by molar-refractivity contribution is -0.137. The fourth-order valence-corrected chi connectivity index (χ4v) is 3.36. The number of hydrogen-bond donors (Lipinski definition) is 1. The summed E-state index contributed by atoms with van der Waals surface area (Å²) in [5, 5.41) is 2.57. The summed E-state index contributed by atoms with van der Waals surface area (Å²) in [5.41, 5.74) is -0.611. The minimum atomic E-state index is -4.52. The van der Waals surface area contributed by atoms with Crippen LogP contribution in [0.2, 0.25) is 5.02 Å². The summed E-state index contributed by atoms with van der Waals surface area (Å²) >= 11 is 5.58. The average molecular weight is 373 g/mol. The van der Waals surface area contributed by atoms with Crippen molar-refractivity contribution >= 4 is 23.6 Å². The molecule has 1 aliphatic carbocycles. The van der Waals surface area contributed by atoms with E-state index in [1.807, 2.05) is 0 Å². The van der Waals surface area contributed by atoms with Gasteiger partial charge in [0.25, 0.3) is 0 Å². The molecule has 2 aliphatic rings. The quantitative estimate of drug-likeness (QED) is 0.806. The van der Waals surface area contributed by atoms with Crippen molar-refractivity contribution in [2.75, 3.05) is 13.1 Å². The molecule has 0 aromatic heterocycles. The lowest BCUT2D eigenvalue weighted by Gasteiger charge is -2.32. The Morgan fingerprint density at radius 2 is 1.88 bits per heavy atom. The summed E-state index contributed by atoms with van der Waals surface area (Å²) in [7, 11) is 0. The first-order valence-electron chi connectivity index (χ1n) is 8.42. The van der Waals surface area contributed by atoms with Crippen LogP contribution >= 0.6 is 11.6 Å². The van der Waals surface area contributed by atoms with Crippen molar-refractivity contribution in [2.45, 2.75) is 43.9 Å². The van der Waals surface area contributed by atoms with Crippen LogP contribution in [0.1, 0.15) is 36.8 Å². The molecule has 0 radical (unpaired) electrons. The van der Waals surface area contributed by atoms with Crippen molar-refractivity contribution in [2.24, 2.45) is 0 Å². The molecule has 0 atom stereocenters. The number of carbonyl (C=O) groups is 1. The predicted octanol–water partition coefficient (Wildman–Crippen LogP) is 4.12. The monoisotopic (exact) mass is 372 g/mol. The van der Waals surface area contributed by atoms with Gasteiger partial charge in [0.2, 0.25) is 5.91 Å². The van der Waals surface area contributed by atoms with Crippen LogP contribution in [0, 0.1) is 0 Å². The lowest BCUT2D eigenvalue weighted by Crippen LogP contribution is -2.44. The van der Waals surface area contributed by atoms with E-state index in [1.165, 1.54) is 37.1 Å². The number of likely N-dealkylation sites (tertiary alicyclic amines) is 1. The highest BCUT2D eigenvalue weighted by molar-refractivity contribution is 6.31. The van der Waals surface area contributed by atoms with Gasteiger partial charge >= 0.3 is 6.18 Å². The van der Waals surface area contributed by atoms with Crippen LogP contribution < -0.4 is 5.32 Å². The van der Waals surface area contributed by atoms with Crippen LogP contribution in [0.3, 0.4) is 0 Å². The maximum Gasteiger partial charge on any atom is 0.417 e. The fraction of sp³-hybridized carbons (Fsp3) is 0.500. The zero-order valence-electron chi connectivity index (χ0n) is 13.7. The summed E-state index contributed by atoms with van der Waals surface area (Å²) in [6.45, 7) is 1.98. The van der Waals surface area contributed by atoms with Gasteiger partial charge in [0.1, 0.15) is 0 Å². The predicted molar refractivity (Wildman–Crippen MR) is 91.2 cm³/mol. The fourth-order valence-electron chi connectivity index (χ4n) is 3.13. The van der Waals surface area contributed by atoms with E-state index >= 15 is 0 Å². The van der Waals surface area contributed by atoms with Gasteiger partial charge in [0, 0.05) is 31.2 Å². The van der Waals surface area contributed by atoms with E-state index in [2.05, 4.69) is 10.2 Å². The minimum Gasteiger partial charge on any atom is -0.350 e. The molecule has 0 bridgehead atoms. The highest BCUT2D eigenvalue weighted by atomic mass is 35.5. The topological polar surface area (TPSA) is 32.3 Å². The molecular weight excluding hydrogens is 353 g/mol. The highest BCUT2D eigenvalue weighted by Gasteiger charge is 2.33. The molecule has 3 nitrogen and oxygen atoms in total. The van der Waals surface area contributed by atoms with Crippen molar-refractivity contribution in [3.63, 3.8) is 0 Å². The normalized spacial score (nSPS) is 20.2. The third kappa shape index (κ3) is 4.98. The molecule has 1 amide bonds. The van der Waals surface area contributed by atoms with Gasteiger partial charge in [-0.25, -0.2) is 0 Å². The number of halogens is 4. The number of rotatable bonds is 4. The molecule has 1 saturated heterocycles. The Morgan fingerprint density at radius 1 is 1.20 bits per heavy atom. The Bertz CT molecular complexity index is 663. The third-order valence-electron chi connectivity index (χ3n) is 4.66. The van der Waals surface area contributed by atoms with E-state index in [0.717, 1.165) is 38.0 Å². The average Bonchev–Trinajstić information content (AvgIpc) is 3.39. The van der Waals surface area contributed by atoms with Crippen LogP contribution in [0.25, 0.3) is 6.08 Å². The summed E-state index contributed by atoms with van der Waals surface area (Å²) in [6.07, 6.45) is 2.52. The second-order valence-electron chi connectivity index (χ2n) is 6.62. The first-order chi connectivity index (χ1) is 11.8. The van der Waals surface area contributed by atoms with Crippen LogP contribution in [-0.4, -0.2) is 36.0 Å². The van der Waals surface area contributed by atoms with Gasteiger partial charge in [-0.3, -0.25) is 4.79 Å².